The van der Waals surface area contributed by atoms with Gasteiger partial charge in [-0.15, -0.1) is 0 Å². The normalized spacial score (nSPS) is 11.3. The number of benzene rings is 1. The molecule has 1 aromatic carbocycles. The second-order valence-electron chi connectivity index (χ2n) is 6.45. The minimum Gasteiger partial charge on any atom is -0.493 e. The van der Waals surface area contributed by atoms with E-state index in [0.29, 0.717) is 24.3 Å². The van der Waals surface area contributed by atoms with Crippen molar-refractivity contribution in [1.29, 1.82) is 0 Å². The molecule has 0 radical (unpaired) electrons. The van der Waals surface area contributed by atoms with Crippen LogP contribution in [0.4, 0.5) is 0 Å². The summed E-state index contributed by atoms with van der Waals surface area (Å²) in [5.41, 5.74) is 15.6. The number of H-pyrrole nitrogens is 1. The number of nitrogens with zero attached hydrogens (tertiary/aromatic N) is 4. The van der Waals surface area contributed by atoms with Gasteiger partial charge >= 0.3 is 0 Å². The Morgan fingerprint density at radius 2 is 2.07 bits per heavy atom. The van der Waals surface area contributed by atoms with Gasteiger partial charge in [-0.25, -0.2) is 9.97 Å². The summed E-state index contributed by atoms with van der Waals surface area (Å²) in [6.07, 6.45) is 5.12. The van der Waals surface area contributed by atoms with Crippen molar-refractivity contribution in [3.05, 3.63) is 48.0 Å². The highest BCUT2D eigenvalue weighted by Crippen LogP contribution is 2.30. The highest BCUT2D eigenvalue weighted by molar-refractivity contribution is 5.94. The number of aromatic amines is 1. The predicted molar refractivity (Wildman–Crippen MR) is 106 cm³/mol. The molecule has 0 atom stereocenters. The van der Waals surface area contributed by atoms with Crippen molar-refractivity contribution in [3.63, 3.8) is 0 Å². The van der Waals surface area contributed by atoms with E-state index in [9.17, 15) is 5.11 Å². The Morgan fingerprint density at radius 1 is 1.26 bits per heavy atom. The van der Waals surface area contributed by atoms with Gasteiger partial charge in [-0.05, 0) is 25.8 Å². The number of para-hydroxylation sites is 1. The Labute approximate surface area is 155 Å². The zero-order valence-corrected chi connectivity index (χ0v) is 15.0. The lowest BCUT2D eigenvalue weighted by Gasteiger charge is -2.07. The van der Waals surface area contributed by atoms with Crippen LogP contribution in [0.1, 0.15) is 17.8 Å². The minimum atomic E-state index is 0.0787. The highest BCUT2D eigenvalue weighted by atomic mass is 16.3. The molecular formula is C19H21N7O. The third-order valence-corrected chi connectivity index (χ3v) is 4.55. The Morgan fingerprint density at radius 3 is 2.89 bits per heavy atom. The molecule has 0 saturated carbocycles. The third kappa shape index (κ3) is 3.05. The molecule has 0 spiro atoms. The quantitative estimate of drug-likeness (QED) is 0.245. The monoisotopic (exact) mass is 363 g/mol. The Kier molecular flexibility index (Phi) is 4.15. The number of aliphatic imine (C=N–C) groups is 1. The number of aryl methyl sites for hydroxylation is 2. The molecule has 6 N–H and O–H groups in total. The fourth-order valence-electron chi connectivity index (χ4n) is 3.25. The van der Waals surface area contributed by atoms with E-state index in [1.807, 2.05) is 36.7 Å². The van der Waals surface area contributed by atoms with E-state index in [4.69, 9.17) is 16.5 Å². The van der Waals surface area contributed by atoms with Crippen molar-refractivity contribution < 1.29 is 5.11 Å². The number of aromatic hydroxyl groups is 1. The summed E-state index contributed by atoms with van der Waals surface area (Å²) < 4.78 is 1.69. The van der Waals surface area contributed by atoms with Crippen LogP contribution in [0.25, 0.3) is 27.8 Å². The smallest absolute Gasteiger partial charge is 0.219 e. The second-order valence-corrected chi connectivity index (χ2v) is 6.45. The molecule has 0 aliphatic carbocycles. The highest BCUT2D eigenvalue weighted by Gasteiger charge is 2.16. The zero-order valence-electron chi connectivity index (χ0n) is 15.0. The third-order valence-electron chi connectivity index (χ3n) is 4.55. The summed E-state index contributed by atoms with van der Waals surface area (Å²) in [7, 11) is 0. The van der Waals surface area contributed by atoms with Gasteiger partial charge in [-0.3, -0.25) is 9.39 Å². The van der Waals surface area contributed by atoms with Crippen molar-refractivity contribution in [1.82, 2.24) is 19.4 Å². The largest absolute Gasteiger partial charge is 0.493 e. The number of rotatable bonds is 5. The lowest BCUT2D eigenvalue weighted by molar-refractivity contribution is 0.444. The minimum absolute atomic E-state index is 0.0787. The van der Waals surface area contributed by atoms with Crippen molar-refractivity contribution in [2.24, 2.45) is 16.5 Å². The number of guanidine groups is 1. The van der Waals surface area contributed by atoms with E-state index >= 15 is 0 Å². The summed E-state index contributed by atoms with van der Waals surface area (Å²) in [5, 5.41) is 11.5. The molecule has 8 nitrogen and oxygen atoms in total. The predicted octanol–water partition coefficient (Wildman–Crippen LogP) is 2.10. The molecule has 0 aliphatic heterocycles. The average molecular weight is 363 g/mol. The number of nitrogens with two attached hydrogens (primary N) is 2. The summed E-state index contributed by atoms with van der Waals surface area (Å²) in [6, 6.07) is 8.05. The number of hydrogen-bond donors (Lipinski definition) is 4. The molecule has 0 amide bonds. The van der Waals surface area contributed by atoms with Gasteiger partial charge in [-0.1, -0.05) is 18.2 Å². The van der Waals surface area contributed by atoms with Gasteiger partial charge in [-0.2, -0.15) is 0 Å². The molecule has 0 bridgehead atoms. The summed E-state index contributed by atoms with van der Waals surface area (Å²) in [6.45, 7) is 2.29. The maximum absolute atomic E-state index is 10.4. The molecule has 8 heteroatoms. The first kappa shape index (κ1) is 16.9. The van der Waals surface area contributed by atoms with Crippen LogP contribution in [-0.4, -0.2) is 37.0 Å². The number of aromatic nitrogens is 4. The van der Waals surface area contributed by atoms with Gasteiger partial charge in [0.05, 0.1) is 11.4 Å². The zero-order chi connectivity index (χ0) is 19.0. The van der Waals surface area contributed by atoms with Crippen LogP contribution in [0.2, 0.25) is 0 Å². The lowest BCUT2D eigenvalue weighted by atomic mass is 10.1. The SMILES string of the molecule is Cc1nc2c(CCCN=C(N)N)nc(-c3c[nH]c4ccccc34)cn2c1O. The van der Waals surface area contributed by atoms with Crippen LogP contribution in [-0.2, 0) is 6.42 Å². The molecule has 138 valence electrons. The molecular weight excluding hydrogens is 342 g/mol. The van der Waals surface area contributed by atoms with E-state index in [1.165, 1.54) is 0 Å². The van der Waals surface area contributed by atoms with Crippen molar-refractivity contribution in [2.75, 3.05) is 6.54 Å². The van der Waals surface area contributed by atoms with Crippen LogP contribution in [0.3, 0.4) is 0 Å². The maximum Gasteiger partial charge on any atom is 0.219 e. The average Bonchev–Trinajstić information content (AvgIpc) is 3.20. The second kappa shape index (κ2) is 6.64. The van der Waals surface area contributed by atoms with E-state index in [1.54, 1.807) is 11.3 Å². The lowest BCUT2D eigenvalue weighted by Crippen LogP contribution is -2.23. The first-order valence-corrected chi connectivity index (χ1v) is 8.74. The van der Waals surface area contributed by atoms with Gasteiger partial charge in [0.1, 0.15) is 5.69 Å². The molecule has 0 fully saturated rings. The van der Waals surface area contributed by atoms with Gasteiger partial charge in [0, 0.05) is 35.4 Å². The van der Waals surface area contributed by atoms with Gasteiger partial charge < -0.3 is 21.6 Å². The first-order chi connectivity index (χ1) is 13.0. The van der Waals surface area contributed by atoms with Crippen LogP contribution >= 0.6 is 0 Å². The van der Waals surface area contributed by atoms with Crippen LogP contribution in [0, 0.1) is 6.92 Å². The number of imidazole rings is 1. The Balaban J connectivity index is 1.81. The molecule has 27 heavy (non-hydrogen) atoms. The van der Waals surface area contributed by atoms with Crippen LogP contribution in [0.5, 0.6) is 5.88 Å². The first-order valence-electron chi connectivity index (χ1n) is 8.74. The summed E-state index contributed by atoms with van der Waals surface area (Å²) in [5.74, 6) is 0.203. The fourth-order valence-corrected chi connectivity index (χ4v) is 3.25. The van der Waals surface area contributed by atoms with Crippen LogP contribution < -0.4 is 11.5 Å². The standard InChI is InChI=1S/C19H21N7O/c1-11-18(27)26-10-16(13-9-23-14-6-3-2-5-12(13)14)25-15(17(26)24-11)7-4-8-22-19(20)21/h2-3,5-6,9-10,23,27H,4,7-8H2,1H3,(H4,20,21,22). The van der Waals surface area contributed by atoms with E-state index in [-0.39, 0.29) is 11.8 Å². The van der Waals surface area contributed by atoms with Gasteiger partial charge in [0.2, 0.25) is 5.88 Å². The Hall–Kier alpha value is -3.55. The molecule has 4 rings (SSSR count). The van der Waals surface area contributed by atoms with E-state index in [0.717, 1.165) is 34.3 Å². The maximum atomic E-state index is 10.4. The molecule has 0 aliphatic rings. The fraction of sp³-hybridized carbons (Fsp3) is 0.211. The topological polar surface area (TPSA) is 131 Å². The molecule has 3 aromatic heterocycles. The summed E-state index contributed by atoms with van der Waals surface area (Å²) in [4.78, 5) is 16.6. The number of hydrogen-bond acceptors (Lipinski definition) is 4. The summed E-state index contributed by atoms with van der Waals surface area (Å²) >= 11 is 0. The van der Waals surface area contributed by atoms with Crippen molar-refractivity contribution in [2.45, 2.75) is 19.8 Å². The number of nitrogens with one attached hydrogen (secondary N) is 1. The van der Waals surface area contributed by atoms with Crippen molar-refractivity contribution in [3.8, 4) is 17.1 Å². The Bertz CT molecular complexity index is 1150. The van der Waals surface area contributed by atoms with Gasteiger partial charge in [0.25, 0.3) is 0 Å². The molecule has 3 heterocycles. The van der Waals surface area contributed by atoms with E-state index in [2.05, 4.69) is 15.0 Å². The van der Waals surface area contributed by atoms with Gasteiger partial charge in [0.15, 0.2) is 11.6 Å². The van der Waals surface area contributed by atoms with E-state index < -0.39 is 0 Å². The molecule has 0 unspecified atom stereocenters. The molecule has 0 saturated heterocycles. The van der Waals surface area contributed by atoms with Crippen LogP contribution in [0.15, 0.2) is 41.7 Å². The van der Waals surface area contributed by atoms with Crippen molar-refractivity contribution >= 4 is 22.5 Å². The molecule has 4 aromatic rings. The number of fused-ring (bicyclic) bond motifs is 2.